The number of carbonyl (C=O) groups is 2. The number of hydrogen-bond donors (Lipinski definition) is 3. The number of benzene rings is 2. The first-order valence-electron chi connectivity index (χ1n) is 10.9. The fourth-order valence-corrected chi connectivity index (χ4v) is 3.93. The van der Waals surface area contributed by atoms with Crippen molar-refractivity contribution < 1.29 is 9.59 Å². The molecule has 9 heteroatoms. The van der Waals surface area contributed by atoms with E-state index in [1.54, 1.807) is 31.2 Å². The number of anilines is 2. The van der Waals surface area contributed by atoms with Crippen molar-refractivity contribution >= 4 is 35.0 Å². The van der Waals surface area contributed by atoms with Gasteiger partial charge in [0.2, 0.25) is 11.8 Å². The van der Waals surface area contributed by atoms with E-state index in [1.165, 1.54) is 5.56 Å². The summed E-state index contributed by atoms with van der Waals surface area (Å²) >= 11 is 1.15. The highest BCUT2D eigenvalue weighted by atomic mass is 32.2. The largest absolute Gasteiger partial charge is 0.325 e. The molecule has 172 valence electrons. The summed E-state index contributed by atoms with van der Waals surface area (Å²) in [6.07, 6.45) is 1.79. The minimum absolute atomic E-state index is 0.0971. The van der Waals surface area contributed by atoms with Crippen LogP contribution in [-0.2, 0) is 16.0 Å². The van der Waals surface area contributed by atoms with Gasteiger partial charge >= 0.3 is 0 Å². The van der Waals surface area contributed by atoms with Crippen molar-refractivity contribution in [3.63, 3.8) is 0 Å². The molecule has 0 aliphatic heterocycles. The van der Waals surface area contributed by atoms with Gasteiger partial charge in [-0.3, -0.25) is 19.4 Å². The van der Waals surface area contributed by atoms with Crippen molar-refractivity contribution in [3.05, 3.63) is 64.4 Å². The molecule has 0 aliphatic rings. The minimum Gasteiger partial charge on any atom is -0.325 e. The van der Waals surface area contributed by atoms with E-state index in [0.29, 0.717) is 24.1 Å². The third-order valence-electron chi connectivity index (χ3n) is 5.00. The summed E-state index contributed by atoms with van der Waals surface area (Å²) in [5.41, 5.74) is 2.53. The average Bonchev–Trinajstić information content (AvgIpc) is 2.83. The first-order valence-corrected chi connectivity index (χ1v) is 11.8. The highest BCUT2D eigenvalue weighted by Crippen LogP contribution is 2.26. The van der Waals surface area contributed by atoms with Crippen molar-refractivity contribution in [1.29, 1.82) is 0 Å². The molecule has 0 unspecified atom stereocenters. The molecule has 8 nitrogen and oxygen atoms in total. The van der Waals surface area contributed by atoms with Crippen LogP contribution in [0, 0.1) is 0 Å². The van der Waals surface area contributed by atoms with E-state index in [1.807, 2.05) is 31.2 Å². The molecular formula is C24H27N5O3S. The van der Waals surface area contributed by atoms with E-state index in [0.717, 1.165) is 23.9 Å². The number of nitrogens with zero attached hydrogens (tertiary/aromatic N) is 2. The summed E-state index contributed by atoms with van der Waals surface area (Å²) in [6, 6.07) is 14.6. The number of H-pyrrole nitrogens is 1. The lowest BCUT2D eigenvalue weighted by Gasteiger charge is -2.14. The van der Waals surface area contributed by atoms with Crippen LogP contribution in [-0.4, -0.2) is 32.2 Å². The normalized spacial score (nSPS) is 11.6. The number of nitrogens with one attached hydrogen (secondary N) is 3. The van der Waals surface area contributed by atoms with E-state index in [4.69, 9.17) is 0 Å². The Kier molecular flexibility index (Phi) is 8.37. The second kappa shape index (κ2) is 11.4. The van der Waals surface area contributed by atoms with E-state index >= 15 is 0 Å². The summed E-state index contributed by atoms with van der Waals surface area (Å²) in [5.74, 6) is -0.341. The predicted molar refractivity (Wildman–Crippen MR) is 131 cm³/mol. The zero-order chi connectivity index (χ0) is 23.8. The van der Waals surface area contributed by atoms with Crippen molar-refractivity contribution in [1.82, 2.24) is 15.2 Å². The summed E-state index contributed by atoms with van der Waals surface area (Å²) in [5, 5.41) is 13.7. The fraction of sp³-hybridized carbons (Fsp3) is 0.292. The molecule has 1 aromatic heterocycles. The maximum absolute atomic E-state index is 12.8. The SMILES string of the molecule is CCC(=O)Nc1ccccc1-c1nnc(S[C@@H](CC)C(=O)Nc2ccc(CC)cc2)[nH]c1=O. The minimum atomic E-state index is -0.456. The molecule has 33 heavy (non-hydrogen) atoms. The topological polar surface area (TPSA) is 117 Å². The highest BCUT2D eigenvalue weighted by molar-refractivity contribution is 8.00. The maximum atomic E-state index is 12.8. The zero-order valence-electron chi connectivity index (χ0n) is 18.8. The van der Waals surface area contributed by atoms with Crippen LogP contribution >= 0.6 is 11.8 Å². The van der Waals surface area contributed by atoms with Crippen molar-refractivity contribution in [2.24, 2.45) is 0 Å². The molecule has 3 aromatic rings. The Hall–Kier alpha value is -3.46. The van der Waals surface area contributed by atoms with Gasteiger partial charge in [0.05, 0.1) is 10.9 Å². The van der Waals surface area contributed by atoms with Gasteiger partial charge in [-0.2, -0.15) is 0 Å². The molecule has 1 heterocycles. The molecule has 3 rings (SSSR count). The van der Waals surface area contributed by atoms with Crippen molar-refractivity contribution in [2.45, 2.75) is 50.4 Å². The van der Waals surface area contributed by atoms with Crippen LogP contribution in [0.5, 0.6) is 0 Å². The molecule has 3 N–H and O–H groups in total. The van der Waals surface area contributed by atoms with Gasteiger partial charge in [-0.15, -0.1) is 10.2 Å². The Labute approximate surface area is 196 Å². The summed E-state index contributed by atoms with van der Waals surface area (Å²) in [4.78, 5) is 40.0. The number of amides is 2. The fourth-order valence-electron chi connectivity index (χ4n) is 3.09. The zero-order valence-corrected chi connectivity index (χ0v) is 19.7. The molecule has 0 radical (unpaired) electrons. The number of carbonyl (C=O) groups excluding carboxylic acids is 2. The maximum Gasteiger partial charge on any atom is 0.278 e. The van der Waals surface area contributed by atoms with Crippen LogP contribution in [0.3, 0.4) is 0 Å². The number of para-hydroxylation sites is 1. The van der Waals surface area contributed by atoms with Crippen molar-refractivity contribution in [3.8, 4) is 11.3 Å². The lowest BCUT2D eigenvalue weighted by molar-refractivity contribution is -0.116. The van der Waals surface area contributed by atoms with Gasteiger partial charge in [0.15, 0.2) is 10.9 Å². The number of rotatable bonds is 9. The Bertz CT molecular complexity index is 1180. The van der Waals surface area contributed by atoms with Gasteiger partial charge < -0.3 is 10.6 Å². The Morgan fingerprint density at radius 1 is 1.00 bits per heavy atom. The summed E-state index contributed by atoms with van der Waals surface area (Å²) in [7, 11) is 0. The van der Waals surface area contributed by atoms with Gasteiger partial charge in [0.25, 0.3) is 5.56 Å². The van der Waals surface area contributed by atoms with Crippen LogP contribution in [0.2, 0.25) is 0 Å². The quantitative estimate of drug-likeness (QED) is 0.407. The van der Waals surface area contributed by atoms with Gasteiger partial charge in [-0.1, -0.05) is 62.9 Å². The van der Waals surface area contributed by atoms with Crippen LogP contribution in [0.15, 0.2) is 58.5 Å². The van der Waals surface area contributed by atoms with Gasteiger partial charge in [-0.05, 0) is 36.6 Å². The molecule has 0 aliphatic carbocycles. The number of aromatic amines is 1. The van der Waals surface area contributed by atoms with E-state index < -0.39 is 10.8 Å². The first-order chi connectivity index (χ1) is 15.9. The van der Waals surface area contributed by atoms with Crippen LogP contribution < -0.4 is 16.2 Å². The molecule has 0 saturated heterocycles. The number of hydrogen-bond acceptors (Lipinski definition) is 6. The number of thioether (sulfide) groups is 1. The van der Waals surface area contributed by atoms with Crippen LogP contribution in [0.4, 0.5) is 11.4 Å². The Morgan fingerprint density at radius 2 is 1.73 bits per heavy atom. The average molecular weight is 466 g/mol. The van der Waals surface area contributed by atoms with Crippen LogP contribution in [0.1, 0.15) is 39.2 Å². The number of aromatic nitrogens is 3. The van der Waals surface area contributed by atoms with Gasteiger partial charge in [-0.25, -0.2) is 0 Å². The predicted octanol–water partition coefficient (Wildman–Crippen LogP) is 4.25. The molecule has 1 atom stereocenters. The third kappa shape index (κ3) is 6.29. The second-order valence-electron chi connectivity index (χ2n) is 7.31. The Morgan fingerprint density at radius 3 is 2.36 bits per heavy atom. The van der Waals surface area contributed by atoms with Crippen LogP contribution in [0.25, 0.3) is 11.3 Å². The van der Waals surface area contributed by atoms with Gasteiger partial charge in [0, 0.05) is 17.7 Å². The highest BCUT2D eigenvalue weighted by Gasteiger charge is 2.21. The third-order valence-corrected chi connectivity index (χ3v) is 6.24. The van der Waals surface area contributed by atoms with Gasteiger partial charge in [0.1, 0.15) is 0 Å². The van der Waals surface area contributed by atoms with E-state index in [-0.39, 0.29) is 22.7 Å². The molecule has 2 aromatic carbocycles. The summed E-state index contributed by atoms with van der Waals surface area (Å²) in [6.45, 7) is 5.71. The lowest BCUT2D eigenvalue weighted by Crippen LogP contribution is -2.25. The van der Waals surface area contributed by atoms with E-state index in [9.17, 15) is 14.4 Å². The smallest absolute Gasteiger partial charge is 0.278 e. The monoisotopic (exact) mass is 465 g/mol. The molecule has 0 bridgehead atoms. The molecule has 0 fully saturated rings. The molecule has 0 spiro atoms. The molecule has 0 saturated carbocycles. The van der Waals surface area contributed by atoms with E-state index in [2.05, 4.69) is 32.7 Å². The first kappa shape index (κ1) is 24.2. The standard InChI is InChI=1S/C24H27N5O3S/c1-4-15-11-13-16(14-12-15)25-22(31)19(5-2)33-24-27-23(32)21(28-29-24)17-9-7-8-10-18(17)26-20(30)6-3/h7-14,19H,4-6H2,1-3H3,(H,25,31)(H,26,30)(H,27,29,32)/t19-/m0/s1. The molecular weight excluding hydrogens is 438 g/mol. The lowest BCUT2D eigenvalue weighted by atomic mass is 10.1. The Balaban J connectivity index is 1.76. The summed E-state index contributed by atoms with van der Waals surface area (Å²) < 4.78 is 0. The number of aryl methyl sites for hydroxylation is 1. The molecule has 2 amide bonds. The van der Waals surface area contributed by atoms with Crippen molar-refractivity contribution in [2.75, 3.05) is 10.6 Å². The second-order valence-corrected chi connectivity index (χ2v) is 8.50.